The maximum Gasteiger partial charge on any atom is 0.265 e. The summed E-state index contributed by atoms with van der Waals surface area (Å²) >= 11 is 1.77. The fourth-order valence-electron chi connectivity index (χ4n) is 1.48. The Morgan fingerprint density at radius 1 is 1.40 bits per heavy atom. The molecule has 0 saturated heterocycles. The van der Waals surface area contributed by atoms with E-state index in [1.54, 1.807) is 18.4 Å². The molecule has 0 atom stereocenters. The van der Waals surface area contributed by atoms with Gasteiger partial charge in [0.1, 0.15) is 11.7 Å². The number of hydrogen-bond acceptors (Lipinski definition) is 2. The average molecular weight is 220 g/mol. The molecule has 1 aromatic heterocycles. The highest BCUT2D eigenvalue weighted by atomic mass is 32.1. The smallest absolute Gasteiger partial charge is 0.265 e. The van der Waals surface area contributed by atoms with Crippen LogP contribution in [0.5, 0.6) is 0 Å². The van der Waals surface area contributed by atoms with Crippen LogP contribution in [0.2, 0.25) is 0 Å². The lowest BCUT2D eigenvalue weighted by atomic mass is 10.3. The number of allylic oxidation sites excluding steroid dienone is 1. The van der Waals surface area contributed by atoms with Crippen LogP contribution in [0.3, 0.4) is 0 Å². The van der Waals surface area contributed by atoms with Crippen molar-refractivity contribution in [3.8, 4) is 0 Å². The molecule has 0 spiro atoms. The fraction of sp³-hybridized carbons (Fsp3) is 0.250. The van der Waals surface area contributed by atoms with Crippen molar-refractivity contribution in [2.45, 2.75) is 6.92 Å². The summed E-state index contributed by atoms with van der Waals surface area (Å²) in [7, 11) is 3.77. The van der Waals surface area contributed by atoms with Gasteiger partial charge in [0, 0.05) is 6.07 Å². The Balaban J connectivity index is 2.58. The van der Waals surface area contributed by atoms with E-state index in [2.05, 4.69) is 42.0 Å². The van der Waals surface area contributed by atoms with Crippen LogP contribution >= 0.6 is 11.3 Å². The maximum atomic E-state index is 5.16. The van der Waals surface area contributed by atoms with Crippen molar-refractivity contribution in [2.75, 3.05) is 7.11 Å². The van der Waals surface area contributed by atoms with Crippen LogP contribution < -0.4 is 4.57 Å². The second-order valence-corrected chi connectivity index (χ2v) is 4.49. The molecule has 0 aliphatic heterocycles. The maximum absolute atomic E-state index is 5.16. The standard InChI is InChI=1S/C12H14NOS/c1-9(14-3)8-12-13(2)10-6-4-5-7-11(10)15-12/h4-8H,1-3H3/q+1/b9-8-. The van der Waals surface area contributed by atoms with Crippen LogP contribution in [0.1, 0.15) is 11.9 Å². The van der Waals surface area contributed by atoms with Gasteiger partial charge in [0.15, 0.2) is 0 Å². The second-order valence-electron chi connectivity index (χ2n) is 3.43. The van der Waals surface area contributed by atoms with Gasteiger partial charge in [0.25, 0.3) is 5.01 Å². The second kappa shape index (κ2) is 4.03. The van der Waals surface area contributed by atoms with E-state index in [1.807, 2.05) is 6.92 Å². The molecule has 0 saturated carbocycles. The minimum atomic E-state index is 0.928. The first kappa shape index (κ1) is 10.2. The highest BCUT2D eigenvalue weighted by Gasteiger charge is 2.14. The minimum absolute atomic E-state index is 0.928. The zero-order valence-electron chi connectivity index (χ0n) is 9.15. The van der Waals surface area contributed by atoms with Gasteiger partial charge in [-0.25, -0.2) is 0 Å². The lowest BCUT2D eigenvalue weighted by Gasteiger charge is -1.94. The number of aryl methyl sites for hydroxylation is 1. The molecule has 2 nitrogen and oxygen atoms in total. The van der Waals surface area contributed by atoms with Gasteiger partial charge >= 0.3 is 0 Å². The van der Waals surface area contributed by atoms with Crippen molar-refractivity contribution in [2.24, 2.45) is 7.05 Å². The number of thiazole rings is 1. The summed E-state index contributed by atoms with van der Waals surface area (Å²) in [5.41, 5.74) is 1.26. The fourth-order valence-corrected chi connectivity index (χ4v) is 2.62. The summed E-state index contributed by atoms with van der Waals surface area (Å²) in [6, 6.07) is 8.39. The molecule has 0 fully saturated rings. The predicted molar refractivity (Wildman–Crippen MR) is 63.7 cm³/mol. The summed E-state index contributed by atoms with van der Waals surface area (Å²) in [6.45, 7) is 1.96. The summed E-state index contributed by atoms with van der Waals surface area (Å²) in [6.07, 6.45) is 2.06. The van der Waals surface area contributed by atoms with Crippen LogP contribution in [0.25, 0.3) is 16.3 Å². The molecule has 2 aromatic rings. The molecule has 15 heavy (non-hydrogen) atoms. The number of aromatic nitrogens is 1. The topological polar surface area (TPSA) is 13.1 Å². The van der Waals surface area contributed by atoms with E-state index in [0.717, 1.165) is 5.76 Å². The lowest BCUT2D eigenvalue weighted by Crippen LogP contribution is -2.28. The molecule has 1 aromatic carbocycles. The van der Waals surface area contributed by atoms with E-state index in [9.17, 15) is 0 Å². The van der Waals surface area contributed by atoms with Crippen LogP contribution in [-0.2, 0) is 11.8 Å². The zero-order chi connectivity index (χ0) is 10.8. The van der Waals surface area contributed by atoms with Crippen molar-refractivity contribution in [3.05, 3.63) is 35.0 Å². The molecule has 0 aliphatic carbocycles. The third-order valence-corrected chi connectivity index (χ3v) is 3.59. The van der Waals surface area contributed by atoms with Crippen LogP contribution in [0, 0.1) is 0 Å². The highest BCUT2D eigenvalue weighted by molar-refractivity contribution is 7.18. The van der Waals surface area contributed by atoms with Gasteiger partial charge in [-0.1, -0.05) is 23.5 Å². The van der Waals surface area contributed by atoms with Gasteiger partial charge in [-0.3, -0.25) is 0 Å². The first-order valence-corrected chi connectivity index (χ1v) is 5.64. The van der Waals surface area contributed by atoms with E-state index in [0.29, 0.717) is 0 Å². The lowest BCUT2D eigenvalue weighted by molar-refractivity contribution is -0.642. The van der Waals surface area contributed by atoms with Gasteiger partial charge in [-0.05, 0) is 13.0 Å². The quantitative estimate of drug-likeness (QED) is 0.560. The Bertz CT molecular complexity index is 513. The first-order valence-electron chi connectivity index (χ1n) is 4.82. The van der Waals surface area contributed by atoms with Crippen molar-refractivity contribution in [3.63, 3.8) is 0 Å². The molecule has 0 unspecified atom stereocenters. The van der Waals surface area contributed by atoms with Gasteiger partial charge in [0.2, 0.25) is 5.52 Å². The van der Waals surface area contributed by atoms with Crippen molar-refractivity contribution < 1.29 is 9.30 Å². The molecule has 2 rings (SSSR count). The third kappa shape index (κ3) is 1.88. The van der Waals surface area contributed by atoms with E-state index in [4.69, 9.17) is 4.74 Å². The van der Waals surface area contributed by atoms with Crippen LogP contribution in [0.15, 0.2) is 30.0 Å². The number of ether oxygens (including phenoxy) is 1. The molecular weight excluding hydrogens is 206 g/mol. The number of hydrogen-bond donors (Lipinski definition) is 0. The Hall–Kier alpha value is -1.35. The molecule has 0 radical (unpaired) electrons. The van der Waals surface area contributed by atoms with Gasteiger partial charge < -0.3 is 4.74 Å². The first-order chi connectivity index (χ1) is 7.22. The summed E-state index contributed by atoms with van der Waals surface area (Å²) in [5, 5.41) is 1.20. The number of methoxy groups -OCH3 is 1. The van der Waals surface area contributed by atoms with E-state index >= 15 is 0 Å². The zero-order valence-corrected chi connectivity index (χ0v) is 9.97. The summed E-state index contributed by atoms with van der Waals surface area (Å²) in [5.74, 6) is 0.928. The Morgan fingerprint density at radius 2 is 2.13 bits per heavy atom. The molecule has 78 valence electrons. The molecule has 1 heterocycles. The molecule has 0 aliphatic rings. The molecule has 0 amide bonds. The Morgan fingerprint density at radius 3 is 2.80 bits per heavy atom. The van der Waals surface area contributed by atoms with E-state index in [1.165, 1.54) is 15.2 Å². The third-order valence-electron chi connectivity index (χ3n) is 2.42. The van der Waals surface area contributed by atoms with Crippen molar-refractivity contribution in [1.82, 2.24) is 0 Å². The van der Waals surface area contributed by atoms with Crippen molar-refractivity contribution in [1.29, 1.82) is 0 Å². The molecule has 0 N–H and O–H groups in total. The normalized spacial score (nSPS) is 12.1. The number of rotatable bonds is 2. The summed E-state index contributed by atoms with van der Waals surface area (Å²) < 4.78 is 8.64. The van der Waals surface area contributed by atoms with Crippen LogP contribution in [0.4, 0.5) is 0 Å². The van der Waals surface area contributed by atoms with Crippen LogP contribution in [-0.4, -0.2) is 7.11 Å². The SMILES string of the molecule is CO/C(C)=C\c1sc2ccccc2[n+]1C. The minimum Gasteiger partial charge on any atom is -0.501 e. The van der Waals surface area contributed by atoms with Gasteiger partial charge in [-0.15, -0.1) is 0 Å². The Labute approximate surface area is 93.4 Å². The van der Waals surface area contributed by atoms with Gasteiger partial charge in [-0.2, -0.15) is 4.57 Å². The van der Waals surface area contributed by atoms with E-state index < -0.39 is 0 Å². The highest BCUT2D eigenvalue weighted by Crippen LogP contribution is 2.21. The number of fused-ring (bicyclic) bond motifs is 1. The Kier molecular flexibility index (Phi) is 2.73. The number of para-hydroxylation sites is 1. The molecular formula is C12H14NOS+. The monoisotopic (exact) mass is 220 g/mol. The summed E-state index contributed by atoms with van der Waals surface area (Å²) in [4.78, 5) is 0. The molecule has 0 bridgehead atoms. The predicted octanol–water partition coefficient (Wildman–Crippen LogP) is 2.73. The molecule has 3 heteroatoms. The number of nitrogens with zero attached hydrogens (tertiary/aromatic N) is 1. The van der Waals surface area contributed by atoms with Crippen molar-refractivity contribution >= 4 is 27.6 Å². The average Bonchev–Trinajstić information content (AvgIpc) is 2.57. The van der Waals surface area contributed by atoms with E-state index in [-0.39, 0.29) is 0 Å². The number of benzene rings is 1. The van der Waals surface area contributed by atoms with Gasteiger partial charge in [0.05, 0.1) is 18.9 Å². The largest absolute Gasteiger partial charge is 0.501 e.